The van der Waals surface area contributed by atoms with Gasteiger partial charge in [-0.25, -0.2) is 9.97 Å². The van der Waals surface area contributed by atoms with E-state index in [1.165, 1.54) is 6.33 Å². The lowest BCUT2D eigenvalue weighted by molar-refractivity contribution is 0.102. The Morgan fingerprint density at radius 3 is 2.36 bits per heavy atom. The molecule has 0 radical (unpaired) electrons. The van der Waals surface area contributed by atoms with E-state index in [2.05, 4.69) is 25.9 Å². The maximum Gasteiger partial charge on any atom is 0.255 e. The van der Waals surface area contributed by atoms with Gasteiger partial charge in [-0.1, -0.05) is 36.4 Å². The summed E-state index contributed by atoms with van der Waals surface area (Å²) >= 11 is 0. The van der Waals surface area contributed by atoms with Gasteiger partial charge in [0.05, 0.1) is 5.56 Å². The molecule has 2 aromatic carbocycles. The summed E-state index contributed by atoms with van der Waals surface area (Å²) in [4.78, 5) is 21.3. The highest BCUT2D eigenvalue weighted by Gasteiger charge is 2.22. The molecule has 1 aliphatic carbocycles. The number of nitrogens with zero attached hydrogens (tertiary/aromatic N) is 2. The Labute approximate surface area is 194 Å². The van der Waals surface area contributed by atoms with Gasteiger partial charge < -0.3 is 21.7 Å². The second-order valence-corrected chi connectivity index (χ2v) is 8.24. The minimum atomic E-state index is -0.160. The van der Waals surface area contributed by atoms with Crippen molar-refractivity contribution in [2.24, 2.45) is 0 Å². The molecular formula is C26H30N6O. The van der Waals surface area contributed by atoms with Gasteiger partial charge in [-0.05, 0) is 68.6 Å². The van der Waals surface area contributed by atoms with E-state index in [4.69, 9.17) is 5.73 Å². The summed E-state index contributed by atoms with van der Waals surface area (Å²) in [6, 6.07) is 17.6. The highest BCUT2D eigenvalue weighted by atomic mass is 16.1. The zero-order valence-electron chi connectivity index (χ0n) is 18.8. The van der Waals surface area contributed by atoms with Crippen LogP contribution in [0.15, 0.2) is 73.2 Å². The second-order valence-electron chi connectivity index (χ2n) is 8.24. The first kappa shape index (κ1) is 22.3. The number of allylic oxidation sites excluding steroid dienone is 1. The molecule has 1 saturated carbocycles. The Morgan fingerprint density at radius 1 is 0.970 bits per heavy atom. The molecule has 1 fully saturated rings. The number of anilines is 3. The number of amides is 1. The molecule has 0 unspecified atom stereocenters. The minimum Gasteiger partial charge on any atom is -0.388 e. The van der Waals surface area contributed by atoms with Gasteiger partial charge in [0.1, 0.15) is 18.0 Å². The van der Waals surface area contributed by atoms with Crippen molar-refractivity contribution in [3.8, 4) is 11.1 Å². The smallest absolute Gasteiger partial charge is 0.255 e. The standard InChI is InChI=1S/C26H30N6O/c1-2-16-28-20-12-14-22(15-13-20)31-25-23(24(27)29-17-30-25)18-8-10-19(11-9-18)26(33)32-21-6-4-3-5-7-21/h2-11,16-17,20,22,28H,12-15H2,1H3,(H,32,33)(H3,27,29,30,31). The van der Waals surface area contributed by atoms with Crippen molar-refractivity contribution in [3.63, 3.8) is 0 Å². The third kappa shape index (κ3) is 5.68. The summed E-state index contributed by atoms with van der Waals surface area (Å²) in [6.45, 7) is 2.02. The number of hydrogen-bond donors (Lipinski definition) is 4. The number of hydrogen-bond acceptors (Lipinski definition) is 6. The molecule has 0 spiro atoms. The molecule has 1 aliphatic rings. The van der Waals surface area contributed by atoms with E-state index in [1.807, 2.05) is 61.7 Å². The molecule has 170 valence electrons. The SMILES string of the molecule is CC=CNC1CCC(Nc2ncnc(N)c2-c2ccc(C(=O)Nc3ccccc3)cc2)CC1. The monoisotopic (exact) mass is 442 g/mol. The lowest BCUT2D eigenvalue weighted by atomic mass is 9.91. The summed E-state index contributed by atoms with van der Waals surface area (Å²) in [6.07, 6.45) is 9.84. The van der Waals surface area contributed by atoms with Gasteiger partial charge in [-0.15, -0.1) is 0 Å². The molecule has 33 heavy (non-hydrogen) atoms. The van der Waals surface area contributed by atoms with E-state index in [-0.39, 0.29) is 5.91 Å². The number of para-hydroxylation sites is 1. The van der Waals surface area contributed by atoms with Crippen LogP contribution in [0.5, 0.6) is 0 Å². The predicted octanol–water partition coefficient (Wildman–Crippen LogP) is 4.82. The van der Waals surface area contributed by atoms with Crippen LogP contribution in [-0.4, -0.2) is 28.0 Å². The van der Waals surface area contributed by atoms with Crippen molar-refractivity contribution in [1.82, 2.24) is 15.3 Å². The number of nitrogens with two attached hydrogens (primary N) is 1. The largest absolute Gasteiger partial charge is 0.388 e. The Hall–Kier alpha value is -3.87. The average molecular weight is 443 g/mol. The lowest BCUT2D eigenvalue weighted by Gasteiger charge is -2.30. The van der Waals surface area contributed by atoms with E-state index in [0.29, 0.717) is 23.5 Å². The zero-order valence-corrected chi connectivity index (χ0v) is 18.8. The van der Waals surface area contributed by atoms with Crippen molar-refractivity contribution < 1.29 is 4.79 Å². The van der Waals surface area contributed by atoms with Crippen LogP contribution in [0.2, 0.25) is 0 Å². The van der Waals surface area contributed by atoms with Gasteiger partial charge in [0.2, 0.25) is 0 Å². The van der Waals surface area contributed by atoms with Gasteiger partial charge >= 0.3 is 0 Å². The van der Waals surface area contributed by atoms with Crippen molar-refractivity contribution in [2.75, 3.05) is 16.4 Å². The summed E-state index contributed by atoms with van der Waals surface area (Å²) < 4.78 is 0. The lowest BCUT2D eigenvalue weighted by Crippen LogP contribution is -2.34. The van der Waals surface area contributed by atoms with Crippen molar-refractivity contribution in [1.29, 1.82) is 0 Å². The van der Waals surface area contributed by atoms with Crippen LogP contribution in [0.25, 0.3) is 11.1 Å². The third-order valence-corrected chi connectivity index (χ3v) is 5.91. The minimum absolute atomic E-state index is 0.160. The van der Waals surface area contributed by atoms with E-state index in [9.17, 15) is 4.79 Å². The van der Waals surface area contributed by atoms with Crippen LogP contribution < -0.4 is 21.7 Å². The van der Waals surface area contributed by atoms with Gasteiger partial charge in [-0.2, -0.15) is 0 Å². The van der Waals surface area contributed by atoms with Crippen molar-refractivity contribution >= 4 is 23.2 Å². The molecule has 0 atom stereocenters. The molecule has 0 bridgehead atoms. The summed E-state index contributed by atoms with van der Waals surface area (Å²) in [5.41, 5.74) is 9.21. The number of benzene rings is 2. The fraction of sp³-hybridized carbons (Fsp3) is 0.269. The second kappa shape index (κ2) is 10.6. The number of nitrogen functional groups attached to an aromatic ring is 1. The number of nitrogens with one attached hydrogen (secondary N) is 3. The summed E-state index contributed by atoms with van der Waals surface area (Å²) in [7, 11) is 0. The Balaban J connectivity index is 1.46. The molecule has 3 aromatic rings. The molecule has 4 rings (SSSR count). The molecule has 5 N–H and O–H groups in total. The quantitative estimate of drug-likeness (QED) is 0.418. The number of aromatic nitrogens is 2. The average Bonchev–Trinajstić information content (AvgIpc) is 2.84. The first-order valence-electron chi connectivity index (χ1n) is 11.3. The topological polar surface area (TPSA) is 105 Å². The molecular weight excluding hydrogens is 412 g/mol. The van der Waals surface area contributed by atoms with Gasteiger partial charge in [0, 0.05) is 23.3 Å². The molecule has 7 nitrogen and oxygen atoms in total. The number of rotatable bonds is 7. The van der Waals surface area contributed by atoms with Gasteiger partial charge in [0.25, 0.3) is 5.91 Å². The first-order valence-corrected chi connectivity index (χ1v) is 11.3. The summed E-state index contributed by atoms with van der Waals surface area (Å²) in [5.74, 6) is 0.984. The molecule has 1 aromatic heterocycles. The third-order valence-electron chi connectivity index (χ3n) is 5.91. The zero-order chi connectivity index (χ0) is 23.0. The Bertz CT molecular complexity index is 1090. The molecule has 1 amide bonds. The Kier molecular flexibility index (Phi) is 7.19. The van der Waals surface area contributed by atoms with Crippen molar-refractivity contribution in [2.45, 2.75) is 44.7 Å². The van der Waals surface area contributed by atoms with Crippen LogP contribution in [0.4, 0.5) is 17.3 Å². The normalized spacial score (nSPS) is 18.1. The van der Waals surface area contributed by atoms with Crippen LogP contribution in [0.1, 0.15) is 43.0 Å². The van der Waals surface area contributed by atoms with Gasteiger partial charge in [-0.3, -0.25) is 4.79 Å². The van der Waals surface area contributed by atoms with Crippen molar-refractivity contribution in [3.05, 3.63) is 78.8 Å². The van der Waals surface area contributed by atoms with E-state index < -0.39 is 0 Å². The highest BCUT2D eigenvalue weighted by Crippen LogP contribution is 2.33. The van der Waals surface area contributed by atoms with Crippen LogP contribution in [-0.2, 0) is 0 Å². The fourth-order valence-electron chi connectivity index (χ4n) is 4.14. The highest BCUT2D eigenvalue weighted by molar-refractivity contribution is 6.04. The van der Waals surface area contributed by atoms with Crippen LogP contribution in [0.3, 0.4) is 0 Å². The molecule has 0 aliphatic heterocycles. The molecule has 7 heteroatoms. The maximum absolute atomic E-state index is 12.6. The fourth-order valence-corrected chi connectivity index (χ4v) is 4.14. The summed E-state index contributed by atoms with van der Waals surface area (Å²) in [5, 5.41) is 9.92. The molecule has 0 saturated heterocycles. The first-order chi connectivity index (χ1) is 16.1. The van der Waals surface area contributed by atoms with E-state index in [0.717, 1.165) is 48.3 Å². The van der Waals surface area contributed by atoms with Crippen LogP contribution in [0, 0.1) is 0 Å². The predicted molar refractivity (Wildman–Crippen MR) is 134 cm³/mol. The number of carbonyl (C=O) groups excluding carboxylic acids is 1. The van der Waals surface area contributed by atoms with E-state index in [1.54, 1.807) is 12.1 Å². The maximum atomic E-state index is 12.6. The molecule has 1 heterocycles. The Morgan fingerprint density at radius 2 is 1.67 bits per heavy atom. The van der Waals surface area contributed by atoms with Crippen LogP contribution >= 0.6 is 0 Å². The van der Waals surface area contributed by atoms with E-state index >= 15 is 0 Å². The van der Waals surface area contributed by atoms with Gasteiger partial charge in [0.15, 0.2) is 0 Å². The number of carbonyl (C=O) groups is 1.